The summed E-state index contributed by atoms with van der Waals surface area (Å²) < 4.78 is 70.7. The summed E-state index contributed by atoms with van der Waals surface area (Å²) in [7, 11) is 4.04. The average Bonchev–Trinajstić information content (AvgIpc) is 3.03. The molecule has 14 heteroatoms. The number of hydrogen-bond donors (Lipinski definition) is 0. The third-order valence-electron chi connectivity index (χ3n) is 5.38. The van der Waals surface area contributed by atoms with Gasteiger partial charge in [0.1, 0.15) is 0 Å². The topological polar surface area (TPSA) is 123 Å². The minimum absolute atomic E-state index is 0.511. The Labute approximate surface area is 271 Å². The summed E-state index contributed by atoms with van der Waals surface area (Å²) in [6, 6.07) is 0. The van der Waals surface area contributed by atoms with Gasteiger partial charge in [0.15, 0.2) is 0 Å². The second-order valence-corrected chi connectivity index (χ2v) is 9.52. The molecule has 0 aliphatic carbocycles. The zero-order valence-corrected chi connectivity index (χ0v) is 28.1. The van der Waals surface area contributed by atoms with Gasteiger partial charge in [-0.3, -0.25) is 0 Å². The number of likely N-dealkylation sites (N-methyl/N-ethyl adjacent to an activating group) is 1. The van der Waals surface area contributed by atoms with Crippen LogP contribution in [0.2, 0.25) is 0 Å². The first-order valence-corrected chi connectivity index (χ1v) is 16.0. The molecule has 0 saturated heterocycles. The van der Waals surface area contributed by atoms with Crippen molar-refractivity contribution in [1.82, 2.24) is 4.90 Å². The molecule has 0 fully saturated rings. The van der Waals surface area contributed by atoms with Crippen LogP contribution >= 0.6 is 0 Å². The van der Waals surface area contributed by atoms with E-state index in [1.807, 2.05) is 14.1 Å². The lowest BCUT2D eigenvalue weighted by Crippen LogP contribution is -2.19. The summed E-state index contributed by atoms with van der Waals surface area (Å²) >= 11 is 0. The van der Waals surface area contributed by atoms with Crippen molar-refractivity contribution in [3.8, 4) is 0 Å². The SMILES string of the molecule is C=CCOCCOCCOCCOCCOCCOCCOCCOCCOCCOCCOCCOCCOCCN(C)C. The molecular formula is C31H63NO13. The molecule has 0 aliphatic rings. The van der Waals surface area contributed by atoms with Crippen molar-refractivity contribution < 1.29 is 61.6 Å². The predicted octanol–water partition coefficient (Wildman–Crippen LogP) is 0.950. The van der Waals surface area contributed by atoms with E-state index >= 15 is 0 Å². The Morgan fingerprint density at radius 1 is 0.311 bits per heavy atom. The lowest BCUT2D eigenvalue weighted by molar-refractivity contribution is -0.0289. The maximum Gasteiger partial charge on any atom is 0.0704 e. The van der Waals surface area contributed by atoms with Crippen LogP contribution in [0.15, 0.2) is 12.7 Å². The highest BCUT2D eigenvalue weighted by atomic mass is 16.6. The van der Waals surface area contributed by atoms with Crippen LogP contribution in [-0.2, 0) is 61.6 Å². The van der Waals surface area contributed by atoms with E-state index in [0.717, 1.165) is 6.54 Å². The van der Waals surface area contributed by atoms with Gasteiger partial charge in [0, 0.05) is 6.54 Å². The molecule has 0 saturated carbocycles. The summed E-state index contributed by atoms with van der Waals surface area (Å²) in [5.74, 6) is 0. The molecule has 0 N–H and O–H groups in total. The highest BCUT2D eigenvalue weighted by Crippen LogP contribution is 1.88. The first-order valence-electron chi connectivity index (χ1n) is 16.0. The average molecular weight is 658 g/mol. The van der Waals surface area contributed by atoms with E-state index < -0.39 is 0 Å². The van der Waals surface area contributed by atoms with Crippen molar-refractivity contribution in [2.24, 2.45) is 0 Å². The highest BCUT2D eigenvalue weighted by Gasteiger charge is 1.97. The van der Waals surface area contributed by atoms with Crippen molar-refractivity contribution >= 4 is 0 Å². The first kappa shape index (κ1) is 44.2. The van der Waals surface area contributed by atoms with Gasteiger partial charge in [-0.15, -0.1) is 6.58 Å². The summed E-state index contributed by atoms with van der Waals surface area (Å²) in [4.78, 5) is 2.08. The summed E-state index contributed by atoms with van der Waals surface area (Å²) in [5, 5.41) is 0. The van der Waals surface area contributed by atoms with Crippen LogP contribution in [0.25, 0.3) is 0 Å². The fraction of sp³-hybridized carbons (Fsp3) is 0.935. The van der Waals surface area contributed by atoms with Gasteiger partial charge in [-0.05, 0) is 14.1 Å². The lowest BCUT2D eigenvalue weighted by atomic mass is 10.6. The molecule has 0 bridgehead atoms. The van der Waals surface area contributed by atoms with Gasteiger partial charge in [-0.2, -0.15) is 0 Å². The van der Waals surface area contributed by atoms with Crippen LogP contribution in [0.4, 0.5) is 0 Å². The van der Waals surface area contributed by atoms with Gasteiger partial charge in [0.2, 0.25) is 0 Å². The summed E-state index contributed by atoms with van der Waals surface area (Å²) in [5.41, 5.74) is 0. The molecule has 0 aromatic carbocycles. The van der Waals surface area contributed by atoms with E-state index in [0.29, 0.717) is 172 Å². The molecule has 270 valence electrons. The summed E-state index contributed by atoms with van der Waals surface area (Å²) in [6.45, 7) is 18.5. The van der Waals surface area contributed by atoms with Crippen LogP contribution in [0.5, 0.6) is 0 Å². The molecule has 0 rings (SSSR count). The van der Waals surface area contributed by atoms with Crippen LogP contribution < -0.4 is 0 Å². The van der Waals surface area contributed by atoms with Gasteiger partial charge in [0.25, 0.3) is 0 Å². The molecule has 0 spiro atoms. The second kappa shape index (κ2) is 41.2. The maximum atomic E-state index is 5.48. The molecule has 14 nitrogen and oxygen atoms in total. The maximum absolute atomic E-state index is 5.48. The van der Waals surface area contributed by atoms with E-state index in [1.165, 1.54) is 0 Å². The Morgan fingerprint density at radius 2 is 0.489 bits per heavy atom. The third kappa shape index (κ3) is 43.2. The molecule has 0 atom stereocenters. The van der Waals surface area contributed by atoms with Crippen LogP contribution in [0, 0.1) is 0 Å². The minimum atomic E-state index is 0.511. The van der Waals surface area contributed by atoms with Crippen molar-refractivity contribution in [2.45, 2.75) is 0 Å². The number of ether oxygens (including phenoxy) is 13. The number of hydrogen-bond acceptors (Lipinski definition) is 14. The fourth-order valence-corrected chi connectivity index (χ4v) is 3.05. The quantitative estimate of drug-likeness (QED) is 0.0685. The first-order chi connectivity index (χ1) is 22.3. The molecule has 0 unspecified atom stereocenters. The van der Waals surface area contributed by atoms with Gasteiger partial charge in [-0.1, -0.05) is 6.08 Å². The second-order valence-electron chi connectivity index (χ2n) is 9.52. The predicted molar refractivity (Wildman–Crippen MR) is 169 cm³/mol. The van der Waals surface area contributed by atoms with Gasteiger partial charge in [0.05, 0.1) is 172 Å². The zero-order valence-electron chi connectivity index (χ0n) is 28.1. The van der Waals surface area contributed by atoms with Gasteiger partial charge < -0.3 is 66.5 Å². The van der Waals surface area contributed by atoms with Crippen LogP contribution in [0.1, 0.15) is 0 Å². The van der Waals surface area contributed by atoms with Gasteiger partial charge in [-0.25, -0.2) is 0 Å². The van der Waals surface area contributed by atoms with Crippen molar-refractivity contribution in [3.63, 3.8) is 0 Å². The van der Waals surface area contributed by atoms with E-state index in [-0.39, 0.29) is 0 Å². The van der Waals surface area contributed by atoms with E-state index in [2.05, 4.69) is 11.5 Å². The molecule has 0 heterocycles. The Balaban J connectivity index is 3.04. The van der Waals surface area contributed by atoms with E-state index in [9.17, 15) is 0 Å². The van der Waals surface area contributed by atoms with Crippen molar-refractivity contribution in [2.75, 3.05) is 192 Å². The molecule has 0 radical (unpaired) electrons. The summed E-state index contributed by atoms with van der Waals surface area (Å²) in [6.07, 6.45) is 1.71. The molecule has 45 heavy (non-hydrogen) atoms. The Hall–Kier alpha value is -0.820. The van der Waals surface area contributed by atoms with Crippen LogP contribution in [0.3, 0.4) is 0 Å². The van der Waals surface area contributed by atoms with Crippen LogP contribution in [-0.4, -0.2) is 197 Å². The van der Waals surface area contributed by atoms with Gasteiger partial charge >= 0.3 is 0 Å². The molecular weight excluding hydrogens is 594 g/mol. The van der Waals surface area contributed by atoms with Crippen molar-refractivity contribution in [1.29, 1.82) is 0 Å². The lowest BCUT2D eigenvalue weighted by Gasteiger charge is -2.10. The Bertz CT molecular complexity index is 550. The molecule has 0 aromatic heterocycles. The standard InChI is InChI=1S/C31H63NO13/c1-4-6-33-8-10-35-12-14-37-16-18-39-20-22-41-24-26-43-28-30-45-31-29-44-27-25-42-23-21-40-19-17-38-15-13-36-11-9-34-7-5-32(2)3/h4H,1,5-31H2,2-3H3. The third-order valence-corrected chi connectivity index (χ3v) is 5.38. The number of nitrogens with zero attached hydrogens (tertiary/aromatic N) is 1. The number of rotatable bonds is 41. The van der Waals surface area contributed by atoms with Crippen molar-refractivity contribution in [3.05, 3.63) is 12.7 Å². The normalized spacial score (nSPS) is 11.6. The Morgan fingerprint density at radius 3 is 0.667 bits per heavy atom. The molecule has 0 aromatic rings. The van der Waals surface area contributed by atoms with E-state index in [4.69, 9.17) is 61.6 Å². The van der Waals surface area contributed by atoms with E-state index in [1.54, 1.807) is 6.08 Å². The molecule has 0 amide bonds. The largest absolute Gasteiger partial charge is 0.378 e. The zero-order chi connectivity index (χ0) is 32.6. The fourth-order valence-electron chi connectivity index (χ4n) is 3.05. The smallest absolute Gasteiger partial charge is 0.0704 e. The monoisotopic (exact) mass is 657 g/mol. The molecule has 0 aliphatic heterocycles. The minimum Gasteiger partial charge on any atom is -0.378 e. The highest BCUT2D eigenvalue weighted by molar-refractivity contribution is 4.63. The Kier molecular flexibility index (Phi) is 40.5.